The number of methoxy groups -OCH3 is 3. The molecule has 1 saturated heterocycles. The van der Waals surface area contributed by atoms with E-state index < -0.39 is 5.97 Å². The van der Waals surface area contributed by atoms with Crippen molar-refractivity contribution in [2.75, 3.05) is 41.0 Å². The van der Waals surface area contributed by atoms with E-state index in [1.165, 1.54) is 27.4 Å². The molecule has 1 heterocycles. The number of likely N-dealkylation sites (tertiary alicyclic amines) is 1. The molecule has 1 aliphatic heterocycles. The molecule has 7 nitrogen and oxygen atoms in total. The molecule has 1 aromatic rings. The number of carbonyl (C=O) groups is 2. The van der Waals surface area contributed by atoms with Crippen molar-refractivity contribution in [3.05, 3.63) is 17.7 Å². The molecule has 0 aliphatic carbocycles. The van der Waals surface area contributed by atoms with Crippen LogP contribution in [0.1, 0.15) is 36.0 Å². The van der Waals surface area contributed by atoms with Crippen LogP contribution in [0.2, 0.25) is 0 Å². The summed E-state index contributed by atoms with van der Waals surface area (Å²) in [5.41, 5.74) is 0.184. The molecule has 1 aliphatic rings. The first kappa shape index (κ1) is 18.9. The van der Waals surface area contributed by atoms with E-state index in [2.05, 4.69) is 0 Å². The molecule has 0 N–H and O–H groups in total. The Labute approximate surface area is 147 Å². The summed E-state index contributed by atoms with van der Waals surface area (Å²) in [7, 11) is 4.41. The fourth-order valence-electron chi connectivity index (χ4n) is 2.81. The molecule has 0 radical (unpaired) electrons. The van der Waals surface area contributed by atoms with E-state index in [-0.39, 0.29) is 18.1 Å². The maximum atomic E-state index is 12.4. The summed E-state index contributed by atoms with van der Waals surface area (Å²) in [4.78, 5) is 26.4. The SMILES string of the molecule is COc1cc(OC)c(C(=O)OCC(=O)N2CCCCCC2)cc1OC. The van der Waals surface area contributed by atoms with Crippen LogP contribution in [0, 0.1) is 0 Å². The Hall–Kier alpha value is -2.44. The van der Waals surface area contributed by atoms with Crippen molar-refractivity contribution >= 4 is 11.9 Å². The Balaban J connectivity index is 2.05. The van der Waals surface area contributed by atoms with Gasteiger partial charge < -0.3 is 23.8 Å². The molecule has 1 fully saturated rings. The number of benzene rings is 1. The molecule has 1 aromatic carbocycles. The summed E-state index contributed by atoms with van der Waals surface area (Å²) >= 11 is 0. The molecule has 0 aromatic heterocycles. The third-order valence-electron chi connectivity index (χ3n) is 4.21. The van der Waals surface area contributed by atoms with Crippen molar-refractivity contribution < 1.29 is 28.5 Å². The van der Waals surface area contributed by atoms with E-state index in [9.17, 15) is 9.59 Å². The highest BCUT2D eigenvalue weighted by Crippen LogP contribution is 2.34. The average Bonchev–Trinajstić information content (AvgIpc) is 2.94. The molecule has 0 atom stereocenters. The molecule has 25 heavy (non-hydrogen) atoms. The Morgan fingerprint density at radius 1 is 0.880 bits per heavy atom. The van der Waals surface area contributed by atoms with Gasteiger partial charge in [0.15, 0.2) is 18.1 Å². The van der Waals surface area contributed by atoms with Gasteiger partial charge in [0.1, 0.15) is 11.3 Å². The van der Waals surface area contributed by atoms with E-state index in [0.717, 1.165) is 38.8 Å². The molecule has 0 saturated carbocycles. The number of hydrogen-bond acceptors (Lipinski definition) is 6. The van der Waals surface area contributed by atoms with Gasteiger partial charge in [-0.3, -0.25) is 4.79 Å². The van der Waals surface area contributed by atoms with Crippen LogP contribution in [0.4, 0.5) is 0 Å². The van der Waals surface area contributed by atoms with Crippen LogP contribution >= 0.6 is 0 Å². The minimum atomic E-state index is -0.638. The fourth-order valence-corrected chi connectivity index (χ4v) is 2.81. The van der Waals surface area contributed by atoms with Gasteiger partial charge in [-0.05, 0) is 12.8 Å². The van der Waals surface area contributed by atoms with Gasteiger partial charge in [-0.15, -0.1) is 0 Å². The lowest BCUT2D eigenvalue weighted by molar-refractivity contribution is -0.134. The highest BCUT2D eigenvalue weighted by Gasteiger charge is 2.22. The average molecular weight is 351 g/mol. The Bertz CT molecular complexity index is 608. The van der Waals surface area contributed by atoms with Crippen molar-refractivity contribution in [1.82, 2.24) is 4.90 Å². The van der Waals surface area contributed by atoms with Gasteiger partial charge in [-0.25, -0.2) is 4.79 Å². The van der Waals surface area contributed by atoms with Crippen LogP contribution in [0.5, 0.6) is 17.2 Å². The molecule has 0 unspecified atom stereocenters. The van der Waals surface area contributed by atoms with Gasteiger partial charge in [0.05, 0.1) is 21.3 Å². The molecular weight excluding hydrogens is 326 g/mol. The van der Waals surface area contributed by atoms with Crippen molar-refractivity contribution in [3.63, 3.8) is 0 Å². The first-order chi connectivity index (χ1) is 12.1. The highest BCUT2D eigenvalue weighted by molar-refractivity contribution is 5.95. The van der Waals surface area contributed by atoms with Crippen LogP contribution in [0.25, 0.3) is 0 Å². The molecule has 0 bridgehead atoms. The highest BCUT2D eigenvalue weighted by atomic mass is 16.5. The van der Waals surface area contributed by atoms with E-state index in [1.807, 2.05) is 0 Å². The molecule has 0 spiro atoms. The normalized spacial score (nSPS) is 14.4. The standard InChI is InChI=1S/C18H25NO6/c1-22-14-11-16(24-3)15(23-2)10-13(14)18(21)25-12-17(20)19-8-6-4-5-7-9-19/h10-11H,4-9,12H2,1-3H3. The van der Waals surface area contributed by atoms with Crippen molar-refractivity contribution in [3.8, 4) is 17.2 Å². The second kappa shape index (κ2) is 9.15. The largest absolute Gasteiger partial charge is 0.496 e. The van der Waals surface area contributed by atoms with Crippen molar-refractivity contribution in [2.45, 2.75) is 25.7 Å². The molecule has 1 amide bonds. The molecule has 7 heteroatoms. The van der Waals surface area contributed by atoms with Gasteiger partial charge in [-0.1, -0.05) is 12.8 Å². The van der Waals surface area contributed by atoms with Crippen LogP contribution in [-0.4, -0.2) is 57.8 Å². The predicted molar refractivity (Wildman–Crippen MR) is 91.4 cm³/mol. The maximum absolute atomic E-state index is 12.4. The number of ether oxygens (including phenoxy) is 4. The summed E-state index contributed by atoms with van der Waals surface area (Å²) in [6.45, 7) is 1.16. The quantitative estimate of drug-likeness (QED) is 0.732. The Morgan fingerprint density at radius 3 is 2.00 bits per heavy atom. The number of amides is 1. The number of rotatable bonds is 6. The smallest absolute Gasteiger partial charge is 0.342 e. The lowest BCUT2D eigenvalue weighted by Gasteiger charge is -2.20. The monoisotopic (exact) mass is 351 g/mol. The minimum Gasteiger partial charge on any atom is -0.496 e. The summed E-state index contributed by atoms with van der Waals surface area (Å²) in [5.74, 6) is 0.311. The van der Waals surface area contributed by atoms with Crippen LogP contribution in [0.15, 0.2) is 12.1 Å². The number of hydrogen-bond donors (Lipinski definition) is 0. The summed E-state index contributed by atoms with van der Waals surface area (Å²) in [6, 6.07) is 3.03. The first-order valence-electron chi connectivity index (χ1n) is 8.35. The Morgan fingerprint density at radius 2 is 1.44 bits per heavy atom. The van der Waals surface area contributed by atoms with Gasteiger partial charge in [0.2, 0.25) is 0 Å². The topological polar surface area (TPSA) is 74.3 Å². The second-order valence-electron chi connectivity index (χ2n) is 5.78. The van der Waals surface area contributed by atoms with Gasteiger partial charge in [0.25, 0.3) is 5.91 Å². The lowest BCUT2D eigenvalue weighted by atomic mass is 10.1. The summed E-state index contributed by atoms with van der Waals surface area (Å²) in [5, 5.41) is 0. The zero-order chi connectivity index (χ0) is 18.2. The predicted octanol–water partition coefficient (Wildman–Crippen LogP) is 2.27. The zero-order valence-electron chi connectivity index (χ0n) is 15.0. The first-order valence-corrected chi connectivity index (χ1v) is 8.35. The summed E-state index contributed by atoms with van der Waals surface area (Å²) < 4.78 is 20.8. The minimum absolute atomic E-state index is 0.172. The van der Waals surface area contributed by atoms with Crippen LogP contribution in [-0.2, 0) is 9.53 Å². The van der Waals surface area contributed by atoms with E-state index in [4.69, 9.17) is 18.9 Å². The van der Waals surface area contributed by atoms with Crippen molar-refractivity contribution in [2.24, 2.45) is 0 Å². The van der Waals surface area contributed by atoms with Crippen molar-refractivity contribution in [1.29, 1.82) is 0 Å². The third-order valence-corrected chi connectivity index (χ3v) is 4.21. The second-order valence-corrected chi connectivity index (χ2v) is 5.78. The van der Waals surface area contributed by atoms with Gasteiger partial charge >= 0.3 is 5.97 Å². The molecular formula is C18H25NO6. The van der Waals surface area contributed by atoms with Gasteiger partial charge in [0, 0.05) is 25.2 Å². The number of esters is 1. The zero-order valence-corrected chi connectivity index (χ0v) is 15.0. The van der Waals surface area contributed by atoms with E-state index >= 15 is 0 Å². The number of carbonyl (C=O) groups excluding carboxylic acids is 2. The van der Waals surface area contributed by atoms with Crippen LogP contribution in [0.3, 0.4) is 0 Å². The van der Waals surface area contributed by atoms with E-state index in [0.29, 0.717) is 17.2 Å². The third kappa shape index (κ3) is 4.78. The van der Waals surface area contributed by atoms with Crippen LogP contribution < -0.4 is 14.2 Å². The fraction of sp³-hybridized carbons (Fsp3) is 0.556. The maximum Gasteiger partial charge on any atom is 0.342 e. The lowest BCUT2D eigenvalue weighted by Crippen LogP contribution is -2.35. The molecule has 2 rings (SSSR count). The van der Waals surface area contributed by atoms with E-state index in [1.54, 1.807) is 11.0 Å². The molecule has 138 valence electrons. The van der Waals surface area contributed by atoms with Gasteiger partial charge in [-0.2, -0.15) is 0 Å². The number of nitrogens with zero attached hydrogens (tertiary/aromatic N) is 1. The summed E-state index contributed by atoms with van der Waals surface area (Å²) in [6.07, 6.45) is 4.24. The Kier molecular flexibility index (Phi) is 6.91.